The van der Waals surface area contributed by atoms with E-state index >= 15 is 0 Å². The number of aryl methyl sites for hydroxylation is 1. The fraction of sp³-hybridized carbons (Fsp3) is 0.167. The number of aromatic nitrogens is 2. The fourth-order valence-corrected chi connectivity index (χ4v) is 3.27. The van der Waals surface area contributed by atoms with Gasteiger partial charge < -0.3 is 15.5 Å². The van der Waals surface area contributed by atoms with Gasteiger partial charge in [-0.2, -0.15) is 5.10 Å². The average molecular weight is 277 g/mol. The Morgan fingerprint density at radius 2 is 2.05 bits per heavy atom. The maximum Gasteiger partial charge on any atom is 0.222 e. The summed E-state index contributed by atoms with van der Waals surface area (Å²) >= 11 is 1.40. The van der Waals surface area contributed by atoms with E-state index in [1.807, 2.05) is 0 Å². The van der Waals surface area contributed by atoms with E-state index in [2.05, 4.69) is 10.4 Å². The first-order chi connectivity index (χ1) is 8.97. The second kappa shape index (κ2) is 3.86. The number of amides is 1. The van der Waals surface area contributed by atoms with Crippen molar-refractivity contribution >= 4 is 43.4 Å². The molecule has 2 aromatic heterocycles. The molecule has 7 heteroatoms. The van der Waals surface area contributed by atoms with Crippen molar-refractivity contribution in [1.29, 1.82) is 0 Å². The first-order valence-electron chi connectivity index (χ1n) is 5.56. The van der Waals surface area contributed by atoms with Gasteiger partial charge in [0.1, 0.15) is 0 Å². The van der Waals surface area contributed by atoms with Gasteiger partial charge in [0, 0.05) is 30.1 Å². The molecule has 3 rings (SSSR count). The molecule has 0 aliphatic carbocycles. The van der Waals surface area contributed by atoms with Gasteiger partial charge in [0.15, 0.2) is 17.3 Å². The second-order valence-electron chi connectivity index (χ2n) is 4.27. The number of hydrogen-bond donors (Lipinski definition) is 3. The van der Waals surface area contributed by atoms with Gasteiger partial charge in [-0.3, -0.25) is 9.48 Å². The van der Waals surface area contributed by atoms with E-state index in [9.17, 15) is 15.0 Å². The number of hydrogen-bond acceptors (Lipinski definition) is 5. The number of phenols is 2. The van der Waals surface area contributed by atoms with E-state index in [1.54, 1.807) is 11.7 Å². The third-order valence-electron chi connectivity index (χ3n) is 2.84. The minimum Gasteiger partial charge on any atom is -0.504 e. The molecule has 0 aliphatic rings. The number of carbonyl (C=O) groups excluding carboxylic acids is 1. The van der Waals surface area contributed by atoms with Gasteiger partial charge in [-0.25, -0.2) is 0 Å². The number of anilines is 1. The monoisotopic (exact) mass is 277 g/mol. The summed E-state index contributed by atoms with van der Waals surface area (Å²) in [6, 6.07) is 3.01. The number of fused-ring (bicyclic) bond motifs is 3. The molecule has 0 saturated carbocycles. The summed E-state index contributed by atoms with van der Waals surface area (Å²) in [6.07, 6.45) is 0. The lowest BCUT2D eigenvalue weighted by atomic mass is 10.2. The van der Waals surface area contributed by atoms with Crippen LogP contribution < -0.4 is 5.32 Å². The zero-order chi connectivity index (χ0) is 13.7. The van der Waals surface area contributed by atoms with Crippen LogP contribution in [-0.4, -0.2) is 25.9 Å². The molecular weight excluding hydrogens is 266 g/mol. The highest BCUT2D eigenvalue weighted by Crippen LogP contribution is 2.42. The number of rotatable bonds is 1. The Kier molecular flexibility index (Phi) is 2.39. The summed E-state index contributed by atoms with van der Waals surface area (Å²) in [4.78, 5) is 11.2. The summed E-state index contributed by atoms with van der Waals surface area (Å²) in [6.45, 7) is 1.42. The summed E-state index contributed by atoms with van der Waals surface area (Å²) in [5, 5.41) is 26.8. The number of nitrogens with zero attached hydrogens (tertiary/aromatic N) is 2. The van der Waals surface area contributed by atoms with Crippen molar-refractivity contribution in [3.05, 3.63) is 12.1 Å². The summed E-state index contributed by atoms with van der Waals surface area (Å²) in [7, 11) is 1.77. The number of thiophene rings is 1. The molecule has 2 heterocycles. The maximum absolute atomic E-state index is 11.2. The molecule has 0 bridgehead atoms. The van der Waals surface area contributed by atoms with E-state index in [1.165, 1.54) is 30.4 Å². The van der Waals surface area contributed by atoms with Gasteiger partial charge >= 0.3 is 0 Å². The first-order valence-corrected chi connectivity index (χ1v) is 6.38. The molecule has 6 nitrogen and oxygen atoms in total. The molecule has 0 fully saturated rings. The van der Waals surface area contributed by atoms with Crippen LogP contribution in [0.5, 0.6) is 11.5 Å². The molecule has 0 radical (unpaired) electrons. The van der Waals surface area contributed by atoms with Crippen molar-refractivity contribution < 1.29 is 15.0 Å². The van der Waals surface area contributed by atoms with E-state index in [0.29, 0.717) is 5.82 Å². The van der Waals surface area contributed by atoms with Crippen LogP contribution in [0.25, 0.3) is 20.3 Å². The SMILES string of the molecule is CC(=O)Nc1nn(C)c2c1sc1cc(O)c(O)cc12. The van der Waals surface area contributed by atoms with Crippen LogP contribution in [0.4, 0.5) is 5.82 Å². The Hall–Kier alpha value is -2.28. The first kappa shape index (κ1) is 11.8. The smallest absolute Gasteiger partial charge is 0.222 e. The van der Waals surface area contributed by atoms with Gasteiger partial charge in [-0.05, 0) is 6.07 Å². The van der Waals surface area contributed by atoms with Crippen molar-refractivity contribution in [2.75, 3.05) is 5.32 Å². The van der Waals surface area contributed by atoms with Gasteiger partial charge in [0.2, 0.25) is 5.91 Å². The van der Waals surface area contributed by atoms with Crippen LogP contribution in [0.15, 0.2) is 12.1 Å². The molecule has 0 spiro atoms. The van der Waals surface area contributed by atoms with Gasteiger partial charge in [-0.15, -0.1) is 11.3 Å². The van der Waals surface area contributed by atoms with Crippen molar-refractivity contribution in [2.45, 2.75) is 6.92 Å². The number of aromatic hydroxyl groups is 2. The predicted octanol–water partition coefficient (Wildman–Crippen LogP) is 2.16. The minimum atomic E-state index is -0.192. The van der Waals surface area contributed by atoms with Gasteiger partial charge in [-0.1, -0.05) is 0 Å². The van der Waals surface area contributed by atoms with Gasteiger partial charge in [0.25, 0.3) is 0 Å². The van der Waals surface area contributed by atoms with E-state index in [4.69, 9.17) is 0 Å². The highest BCUT2D eigenvalue weighted by atomic mass is 32.1. The van der Waals surface area contributed by atoms with E-state index in [0.717, 1.165) is 20.3 Å². The Morgan fingerprint density at radius 1 is 1.37 bits per heavy atom. The summed E-state index contributed by atoms with van der Waals surface area (Å²) < 4.78 is 3.29. The Labute approximate surface area is 111 Å². The lowest BCUT2D eigenvalue weighted by Crippen LogP contribution is -2.06. The van der Waals surface area contributed by atoms with Gasteiger partial charge in [0.05, 0.1) is 10.2 Å². The second-order valence-corrected chi connectivity index (χ2v) is 5.32. The zero-order valence-corrected chi connectivity index (χ0v) is 11.1. The maximum atomic E-state index is 11.2. The van der Waals surface area contributed by atoms with Crippen molar-refractivity contribution in [3.8, 4) is 11.5 Å². The number of nitrogens with one attached hydrogen (secondary N) is 1. The van der Waals surface area contributed by atoms with Crippen molar-refractivity contribution in [3.63, 3.8) is 0 Å². The molecule has 1 aromatic carbocycles. The largest absolute Gasteiger partial charge is 0.504 e. The van der Waals surface area contributed by atoms with Crippen LogP contribution in [-0.2, 0) is 11.8 Å². The molecule has 98 valence electrons. The van der Waals surface area contributed by atoms with Crippen molar-refractivity contribution in [1.82, 2.24) is 9.78 Å². The molecule has 0 aliphatic heterocycles. The van der Waals surface area contributed by atoms with Crippen LogP contribution in [0, 0.1) is 0 Å². The molecule has 0 saturated heterocycles. The van der Waals surface area contributed by atoms with Crippen LogP contribution in [0.1, 0.15) is 6.92 Å². The quantitative estimate of drug-likeness (QED) is 0.595. The molecule has 3 aromatic rings. The number of phenolic OH excluding ortho intramolecular Hbond substituents is 2. The zero-order valence-electron chi connectivity index (χ0n) is 10.3. The van der Waals surface area contributed by atoms with E-state index < -0.39 is 0 Å². The Balaban J connectivity index is 2.37. The third kappa shape index (κ3) is 1.70. The Bertz CT molecular complexity index is 819. The molecular formula is C12H11N3O3S. The number of benzene rings is 1. The van der Waals surface area contributed by atoms with Crippen molar-refractivity contribution in [2.24, 2.45) is 7.05 Å². The molecule has 0 atom stereocenters. The standard InChI is InChI=1S/C12H11N3O3S/c1-5(16)13-12-11-10(15(2)14-12)6-3-7(17)8(18)4-9(6)19-11/h3-4,17-18H,1-2H3,(H,13,14,16). The number of carbonyl (C=O) groups is 1. The van der Waals surface area contributed by atoms with Crippen LogP contribution in [0.2, 0.25) is 0 Å². The highest BCUT2D eigenvalue weighted by molar-refractivity contribution is 7.26. The third-order valence-corrected chi connectivity index (χ3v) is 3.99. The molecule has 0 unspecified atom stereocenters. The molecule has 1 amide bonds. The Morgan fingerprint density at radius 3 is 2.74 bits per heavy atom. The topological polar surface area (TPSA) is 87.4 Å². The predicted molar refractivity (Wildman–Crippen MR) is 73.7 cm³/mol. The summed E-state index contributed by atoms with van der Waals surface area (Å²) in [5.41, 5.74) is 0.819. The fourth-order valence-electron chi connectivity index (χ4n) is 2.08. The van der Waals surface area contributed by atoms with Crippen LogP contribution >= 0.6 is 11.3 Å². The lowest BCUT2D eigenvalue weighted by molar-refractivity contribution is -0.114. The molecule has 19 heavy (non-hydrogen) atoms. The minimum absolute atomic E-state index is 0.159. The lowest BCUT2D eigenvalue weighted by Gasteiger charge is -1.98. The van der Waals surface area contributed by atoms with Crippen LogP contribution in [0.3, 0.4) is 0 Å². The normalized spacial score (nSPS) is 11.3. The summed E-state index contributed by atoms with van der Waals surface area (Å²) in [5.74, 6) is -0.0316. The average Bonchev–Trinajstić information content (AvgIpc) is 2.79. The molecule has 3 N–H and O–H groups in total. The highest BCUT2D eigenvalue weighted by Gasteiger charge is 2.17. The van der Waals surface area contributed by atoms with E-state index in [-0.39, 0.29) is 17.4 Å².